The lowest BCUT2D eigenvalue weighted by Crippen LogP contribution is -2.22. The van der Waals surface area contributed by atoms with Crippen molar-refractivity contribution in [1.82, 2.24) is 18.7 Å². The number of hydrogen-bond acceptors (Lipinski definition) is 4. The molecule has 0 spiro atoms. The highest BCUT2D eigenvalue weighted by Gasteiger charge is 2.16. The molecule has 0 atom stereocenters. The van der Waals surface area contributed by atoms with Crippen LogP contribution in [0.25, 0.3) is 32.4 Å². The Morgan fingerprint density at radius 3 is 2.58 bits per heavy atom. The van der Waals surface area contributed by atoms with E-state index in [9.17, 15) is 4.79 Å². The largest absolute Gasteiger partial charge is 0.383 e. The molecule has 6 nitrogen and oxygen atoms in total. The first-order valence-corrected chi connectivity index (χ1v) is 13.9. The van der Waals surface area contributed by atoms with Crippen molar-refractivity contribution < 1.29 is 4.74 Å². The van der Waals surface area contributed by atoms with E-state index in [4.69, 9.17) is 4.74 Å². The van der Waals surface area contributed by atoms with Gasteiger partial charge in [-0.3, -0.25) is 4.79 Å². The summed E-state index contributed by atoms with van der Waals surface area (Å²) in [6.45, 7) is 2.56. The van der Waals surface area contributed by atoms with E-state index in [0.717, 1.165) is 56.9 Å². The molecule has 0 radical (unpaired) electrons. The lowest BCUT2D eigenvalue weighted by atomic mass is 10.0. The zero-order chi connectivity index (χ0) is 25.9. The number of aromatic nitrogens is 4. The van der Waals surface area contributed by atoms with E-state index in [1.807, 2.05) is 41.1 Å². The standard InChI is InChI=1S/C31H30N4O2S/c1-37-16-15-35-29-13-12-23-8-5-6-11-26(23)30(29)27-20-33(21-28(27)31(35)36)19-24-18-32-22-34(24)14-7-17-38-25-9-3-2-4-10-25/h2-6,8-13,18,20-22H,7,14-17,19H2,1H3. The molecule has 0 aliphatic carbocycles. The van der Waals surface area contributed by atoms with E-state index in [1.54, 1.807) is 7.11 Å². The van der Waals surface area contributed by atoms with Crippen LogP contribution >= 0.6 is 11.8 Å². The Labute approximate surface area is 225 Å². The molecule has 0 N–H and O–H groups in total. The smallest absolute Gasteiger partial charge is 0.260 e. The summed E-state index contributed by atoms with van der Waals surface area (Å²) in [6.07, 6.45) is 9.00. The van der Waals surface area contributed by atoms with E-state index in [-0.39, 0.29) is 5.56 Å². The second kappa shape index (κ2) is 10.9. The van der Waals surface area contributed by atoms with Crippen molar-refractivity contribution in [3.8, 4) is 0 Å². The summed E-state index contributed by atoms with van der Waals surface area (Å²) in [6, 6.07) is 23.0. The normalized spacial score (nSPS) is 11.7. The molecule has 7 heteroatoms. The predicted octanol–water partition coefficient (Wildman–Crippen LogP) is 6.18. The molecule has 3 heterocycles. The summed E-state index contributed by atoms with van der Waals surface area (Å²) in [5, 5.41) is 5.15. The van der Waals surface area contributed by atoms with Gasteiger partial charge in [-0.05, 0) is 41.1 Å². The summed E-state index contributed by atoms with van der Waals surface area (Å²) in [4.78, 5) is 19.4. The number of fused-ring (bicyclic) bond motifs is 5. The molecule has 0 saturated carbocycles. The molecule has 6 rings (SSSR count). The first kappa shape index (κ1) is 24.5. The van der Waals surface area contributed by atoms with Crippen molar-refractivity contribution in [2.75, 3.05) is 19.5 Å². The van der Waals surface area contributed by atoms with E-state index >= 15 is 0 Å². The maximum atomic E-state index is 13.6. The first-order valence-electron chi connectivity index (χ1n) is 12.9. The van der Waals surface area contributed by atoms with E-state index in [0.29, 0.717) is 19.7 Å². The molecular weight excluding hydrogens is 492 g/mol. The van der Waals surface area contributed by atoms with Crippen LogP contribution in [0.5, 0.6) is 0 Å². The number of nitrogens with zero attached hydrogens (tertiary/aromatic N) is 4. The number of rotatable bonds is 10. The molecule has 0 amide bonds. The Bertz CT molecular complexity index is 1770. The first-order chi connectivity index (χ1) is 18.7. The number of methoxy groups -OCH3 is 1. The van der Waals surface area contributed by atoms with Crippen molar-refractivity contribution in [3.63, 3.8) is 0 Å². The molecular formula is C31H30N4O2S. The van der Waals surface area contributed by atoms with Gasteiger partial charge in [0, 0.05) is 54.5 Å². The van der Waals surface area contributed by atoms with Gasteiger partial charge in [-0.25, -0.2) is 4.98 Å². The molecule has 3 aromatic heterocycles. The average Bonchev–Trinajstić information content (AvgIpc) is 3.58. The number of pyridine rings is 1. The Kier molecular flexibility index (Phi) is 7.03. The third kappa shape index (κ3) is 4.75. The number of ether oxygens (including phenoxy) is 1. The van der Waals surface area contributed by atoms with Gasteiger partial charge < -0.3 is 18.4 Å². The minimum absolute atomic E-state index is 0.0185. The highest BCUT2D eigenvalue weighted by atomic mass is 32.2. The Hall–Kier alpha value is -3.81. The number of thioether (sulfide) groups is 1. The Morgan fingerprint density at radius 2 is 1.71 bits per heavy atom. The minimum atomic E-state index is 0.0185. The Balaban J connectivity index is 1.32. The second-order valence-corrected chi connectivity index (χ2v) is 10.7. The number of imidazole rings is 1. The monoisotopic (exact) mass is 522 g/mol. The third-order valence-corrected chi connectivity index (χ3v) is 8.14. The fraction of sp³-hybridized carbons (Fsp3) is 0.226. The minimum Gasteiger partial charge on any atom is -0.383 e. The zero-order valence-electron chi connectivity index (χ0n) is 21.4. The van der Waals surface area contributed by atoms with Crippen LogP contribution in [0.2, 0.25) is 0 Å². The van der Waals surface area contributed by atoms with Crippen LogP contribution in [0.3, 0.4) is 0 Å². The van der Waals surface area contributed by atoms with E-state index in [1.165, 1.54) is 4.90 Å². The van der Waals surface area contributed by atoms with Crippen molar-refractivity contribution >= 4 is 44.2 Å². The van der Waals surface area contributed by atoms with Crippen LogP contribution in [0.4, 0.5) is 0 Å². The van der Waals surface area contributed by atoms with Gasteiger partial charge in [0.1, 0.15) is 0 Å². The van der Waals surface area contributed by atoms with Crippen LogP contribution in [0.15, 0.2) is 101 Å². The van der Waals surface area contributed by atoms with Crippen LogP contribution in [0.1, 0.15) is 12.1 Å². The summed E-state index contributed by atoms with van der Waals surface area (Å²) < 4.78 is 11.5. The van der Waals surface area contributed by atoms with Crippen molar-refractivity contribution in [2.45, 2.75) is 31.0 Å². The van der Waals surface area contributed by atoms with Gasteiger partial charge in [0.2, 0.25) is 0 Å². The molecule has 0 unspecified atom stereocenters. The fourth-order valence-corrected chi connectivity index (χ4v) is 6.06. The van der Waals surface area contributed by atoms with Crippen molar-refractivity contribution in [2.24, 2.45) is 0 Å². The number of benzene rings is 3. The van der Waals surface area contributed by atoms with Gasteiger partial charge in [-0.15, -0.1) is 11.8 Å². The molecule has 0 aliphatic heterocycles. The highest BCUT2D eigenvalue weighted by Crippen LogP contribution is 2.31. The topological polar surface area (TPSA) is 54.0 Å². The van der Waals surface area contributed by atoms with E-state index in [2.05, 4.69) is 81.0 Å². The summed E-state index contributed by atoms with van der Waals surface area (Å²) >= 11 is 1.88. The summed E-state index contributed by atoms with van der Waals surface area (Å²) in [5.41, 5.74) is 2.09. The molecule has 38 heavy (non-hydrogen) atoms. The van der Waals surface area contributed by atoms with Gasteiger partial charge in [-0.1, -0.05) is 48.5 Å². The van der Waals surface area contributed by atoms with Gasteiger partial charge in [0.05, 0.1) is 36.1 Å². The zero-order valence-corrected chi connectivity index (χ0v) is 22.2. The average molecular weight is 523 g/mol. The predicted molar refractivity (Wildman–Crippen MR) is 156 cm³/mol. The number of aryl methyl sites for hydroxylation is 1. The summed E-state index contributed by atoms with van der Waals surface area (Å²) in [7, 11) is 1.67. The Morgan fingerprint density at radius 1 is 0.895 bits per heavy atom. The maximum absolute atomic E-state index is 13.6. The van der Waals surface area contributed by atoms with Gasteiger partial charge in [0.25, 0.3) is 5.56 Å². The molecule has 3 aromatic carbocycles. The van der Waals surface area contributed by atoms with Crippen LogP contribution in [0, 0.1) is 0 Å². The molecule has 0 fully saturated rings. The fourth-order valence-electron chi connectivity index (χ4n) is 5.21. The van der Waals surface area contributed by atoms with Crippen molar-refractivity contribution in [3.05, 3.63) is 108 Å². The molecule has 0 aliphatic rings. The van der Waals surface area contributed by atoms with Crippen LogP contribution in [-0.4, -0.2) is 38.2 Å². The lowest BCUT2D eigenvalue weighted by Gasteiger charge is -2.13. The molecule has 192 valence electrons. The highest BCUT2D eigenvalue weighted by molar-refractivity contribution is 7.99. The summed E-state index contributed by atoms with van der Waals surface area (Å²) in [5.74, 6) is 1.05. The van der Waals surface area contributed by atoms with E-state index < -0.39 is 0 Å². The van der Waals surface area contributed by atoms with Gasteiger partial charge in [0.15, 0.2) is 0 Å². The quantitative estimate of drug-likeness (QED) is 0.122. The van der Waals surface area contributed by atoms with Crippen LogP contribution < -0.4 is 5.56 Å². The molecule has 6 aromatic rings. The van der Waals surface area contributed by atoms with Gasteiger partial charge in [-0.2, -0.15) is 0 Å². The number of hydrogen-bond donors (Lipinski definition) is 0. The lowest BCUT2D eigenvalue weighted by molar-refractivity contribution is 0.187. The maximum Gasteiger partial charge on any atom is 0.260 e. The van der Waals surface area contributed by atoms with Crippen LogP contribution in [-0.2, 0) is 24.4 Å². The van der Waals surface area contributed by atoms with Gasteiger partial charge >= 0.3 is 0 Å². The third-order valence-electron chi connectivity index (χ3n) is 7.04. The molecule has 0 bridgehead atoms. The SMILES string of the molecule is COCCn1c(=O)c2cn(Cc3cncn3CCCSc3ccccc3)cc2c2c3ccccc3ccc21. The second-order valence-electron chi connectivity index (χ2n) is 9.48. The van der Waals surface area contributed by atoms with Crippen molar-refractivity contribution in [1.29, 1.82) is 0 Å². The molecule has 0 saturated heterocycles.